The van der Waals surface area contributed by atoms with E-state index in [0.29, 0.717) is 13.2 Å². The molecule has 1 aliphatic heterocycles. The third kappa shape index (κ3) is 4.98. The lowest BCUT2D eigenvalue weighted by atomic mass is 10.2. The van der Waals surface area contributed by atoms with Crippen molar-refractivity contribution in [2.45, 2.75) is 31.8 Å². The standard InChI is InChI=1S/C14H19NO4/c15-9-13(16)17-8-4-7-12-14(19-12)18-10-11-5-2-1-3-6-11/h1-3,5-6,12,14H,4,7-10,15H2. The van der Waals surface area contributed by atoms with Gasteiger partial charge in [0.25, 0.3) is 0 Å². The molecule has 0 spiro atoms. The average molecular weight is 265 g/mol. The van der Waals surface area contributed by atoms with Crippen LogP contribution < -0.4 is 5.73 Å². The van der Waals surface area contributed by atoms with Gasteiger partial charge in [-0.1, -0.05) is 30.3 Å². The van der Waals surface area contributed by atoms with Gasteiger partial charge in [-0.05, 0) is 18.4 Å². The Bertz CT molecular complexity index is 396. The smallest absolute Gasteiger partial charge is 0.319 e. The molecule has 0 aliphatic carbocycles. The predicted octanol–water partition coefficient (Wildman–Crippen LogP) is 1.21. The monoisotopic (exact) mass is 265 g/mol. The van der Waals surface area contributed by atoms with Crippen molar-refractivity contribution in [3.63, 3.8) is 0 Å². The molecule has 2 rings (SSSR count). The van der Waals surface area contributed by atoms with Crippen molar-refractivity contribution in [1.29, 1.82) is 0 Å². The maximum atomic E-state index is 10.8. The molecule has 0 aromatic heterocycles. The molecule has 0 radical (unpaired) electrons. The van der Waals surface area contributed by atoms with Crippen LogP contribution in [-0.2, 0) is 25.6 Å². The van der Waals surface area contributed by atoms with Gasteiger partial charge in [0.1, 0.15) is 6.10 Å². The third-order valence-corrected chi connectivity index (χ3v) is 2.86. The Labute approximate surface area is 112 Å². The third-order valence-electron chi connectivity index (χ3n) is 2.86. The van der Waals surface area contributed by atoms with Crippen LogP contribution in [0, 0.1) is 0 Å². The Balaban J connectivity index is 1.52. The van der Waals surface area contributed by atoms with Gasteiger partial charge in [0.15, 0.2) is 6.29 Å². The van der Waals surface area contributed by atoms with Crippen molar-refractivity contribution in [3.05, 3.63) is 35.9 Å². The van der Waals surface area contributed by atoms with Crippen molar-refractivity contribution in [1.82, 2.24) is 0 Å². The summed E-state index contributed by atoms with van der Waals surface area (Å²) < 4.78 is 15.9. The fourth-order valence-electron chi connectivity index (χ4n) is 1.76. The minimum absolute atomic E-state index is 0.0667. The molecule has 2 N–H and O–H groups in total. The molecule has 0 amide bonds. The maximum Gasteiger partial charge on any atom is 0.319 e. The second-order valence-corrected chi connectivity index (χ2v) is 4.41. The summed E-state index contributed by atoms with van der Waals surface area (Å²) in [5.41, 5.74) is 6.26. The molecule has 1 aliphatic rings. The molecule has 0 bridgehead atoms. The van der Waals surface area contributed by atoms with Gasteiger partial charge in [0.2, 0.25) is 0 Å². The van der Waals surface area contributed by atoms with Crippen molar-refractivity contribution in [2.24, 2.45) is 5.73 Å². The first-order chi connectivity index (χ1) is 9.29. The Hall–Kier alpha value is -1.43. The van der Waals surface area contributed by atoms with Crippen LogP contribution in [-0.4, -0.2) is 31.5 Å². The van der Waals surface area contributed by atoms with E-state index in [1.807, 2.05) is 30.3 Å². The van der Waals surface area contributed by atoms with E-state index in [4.69, 9.17) is 19.9 Å². The Morgan fingerprint density at radius 1 is 1.32 bits per heavy atom. The molecule has 0 saturated carbocycles. The van der Waals surface area contributed by atoms with Gasteiger partial charge >= 0.3 is 5.97 Å². The number of nitrogens with two attached hydrogens (primary N) is 1. The van der Waals surface area contributed by atoms with Gasteiger partial charge in [0.05, 0.1) is 19.8 Å². The van der Waals surface area contributed by atoms with Crippen LogP contribution in [0.3, 0.4) is 0 Å². The summed E-state index contributed by atoms with van der Waals surface area (Å²) in [5, 5.41) is 0. The van der Waals surface area contributed by atoms with E-state index in [1.165, 1.54) is 0 Å². The number of carbonyl (C=O) groups excluding carboxylic acids is 1. The zero-order chi connectivity index (χ0) is 13.5. The molecule has 19 heavy (non-hydrogen) atoms. The molecular weight excluding hydrogens is 246 g/mol. The second kappa shape index (κ2) is 7.23. The van der Waals surface area contributed by atoms with Crippen LogP contribution >= 0.6 is 0 Å². The summed E-state index contributed by atoms with van der Waals surface area (Å²) in [6.45, 7) is 0.883. The normalized spacial score (nSPS) is 21.1. The fourth-order valence-corrected chi connectivity index (χ4v) is 1.76. The lowest BCUT2D eigenvalue weighted by Gasteiger charge is -2.02. The first kappa shape index (κ1) is 14.0. The summed E-state index contributed by atoms with van der Waals surface area (Å²) >= 11 is 0. The number of carbonyl (C=O) groups is 1. The van der Waals surface area contributed by atoms with Gasteiger partial charge in [-0.2, -0.15) is 0 Å². The molecule has 1 fully saturated rings. The van der Waals surface area contributed by atoms with E-state index >= 15 is 0 Å². The topological polar surface area (TPSA) is 74.1 Å². The molecular formula is C14H19NO4. The van der Waals surface area contributed by atoms with Crippen LogP contribution in [0.1, 0.15) is 18.4 Å². The summed E-state index contributed by atoms with van der Waals surface area (Å²) in [6.07, 6.45) is 1.60. The maximum absolute atomic E-state index is 10.8. The van der Waals surface area contributed by atoms with Crippen LogP contribution in [0.15, 0.2) is 30.3 Å². The molecule has 5 nitrogen and oxygen atoms in total. The highest BCUT2D eigenvalue weighted by Crippen LogP contribution is 2.28. The molecule has 1 aromatic rings. The second-order valence-electron chi connectivity index (χ2n) is 4.41. The molecule has 1 aromatic carbocycles. The number of rotatable bonds is 8. The number of ether oxygens (including phenoxy) is 3. The van der Waals surface area contributed by atoms with Gasteiger partial charge < -0.3 is 19.9 Å². The Kier molecular flexibility index (Phi) is 5.32. The zero-order valence-electron chi connectivity index (χ0n) is 10.8. The molecule has 5 heteroatoms. The van der Waals surface area contributed by atoms with Crippen molar-refractivity contribution >= 4 is 5.97 Å². The van der Waals surface area contributed by atoms with Gasteiger partial charge in [0, 0.05) is 0 Å². The van der Waals surface area contributed by atoms with E-state index in [9.17, 15) is 4.79 Å². The Morgan fingerprint density at radius 3 is 2.84 bits per heavy atom. The quantitative estimate of drug-likeness (QED) is 0.434. The largest absolute Gasteiger partial charge is 0.465 e. The van der Waals surface area contributed by atoms with E-state index in [-0.39, 0.29) is 24.9 Å². The first-order valence-corrected chi connectivity index (χ1v) is 6.46. The SMILES string of the molecule is NCC(=O)OCCCC1OC1OCc1ccccc1. The molecule has 2 atom stereocenters. The summed E-state index contributed by atoms with van der Waals surface area (Å²) in [7, 11) is 0. The summed E-state index contributed by atoms with van der Waals surface area (Å²) in [4.78, 5) is 10.8. The van der Waals surface area contributed by atoms with Gasteiger partial charge in [-0.15, -0.1) is 0 Å². The van der Waals surface area contributed by atoms with Gasteiger partial charge in [-0.25, -0.2) is 0 Å². The van der Waals surface area contributed by atoms with E-state index in [0.717, 1.165) is 18.4 Å². The fraction of sp³-hybridized carbons (Fsp3) is 0.500. The van der Waals surface area contributed by atoms with E-state index in [2.05, 4.69) is 0 Å². The lowest BCUT2D eigenvalue weighted by Crippen LogP contribution is -2.17. The van der Waals surface area contributed by atoms with Crippen LogP contribution in [0.4, 0.5) is 0 Å². The van der Waals surface area contributed by atoms with Crippen molar-refractivity contribution in [3.8, 4) is 0 Å². The van der Waals surface area contributed by atoms with E-state index in [1.54, 1.807) is 0 Å². The van der Waals surface area contributed by atoms with Gasteiger partial charge in [-0.3, -0.25) is 4.79 Å². The molecule has 1 heterocycles. The minimum Gasteiger partial charge on any atom is -0.465 e. The highest BCUT2D eigenvalue weighted by Gasteiger charge is 2.39. The number of benzene rings is 1. The zero-order valence-corrected chi connectivity index (χ0v) is 10.8. The first-order valence-electron chi connectivity index (χ1n) is 6.46. The Morgan fingerprint density at radius 2 is 2.11 bits per heavy atom. The van der Waals surface area contributed by atoms with E-state index < -0.39 is 0 Å². The number of hydrogen-bond acceptors (Lipinski definition) is 5. The number of esters is 1. The molecule has 2 unspecified atom stereocenters. The molecule has 104 valence electrons. The number of hydrogen-bond donors (Lipinski definition) is 1. The van der Waals surface area contributed by atoms with Crippen molar-refractivity contribution in [2.75, 3.05) is 13.2 Å². The molecule has 1 saturated heterocycles. The van der Waals surface area contributed by atoms with Crippen LogP contribution in [0.2, 0.25) is 0 Å². The van der Waals surface area contributed by atoms with Crippen molar-refractivity contribution < 1.29 is 19.0 Å². The summed E-state index contributed by atoms with van der Waals surface area (Å²) in [5.74, 6) is -0.367. The number of epoxide rings is 1. The average Bonchev–Trinajstić information content (AvgIpc) is 3.21. The minimum atomic E-state index is -0.367. The summed E-state index contributed by atoms with van der Waals surface area (Å²) in [6, 6.07) is 9.97. The lowest BCUT2D eigenvalue weighted by molar-refractivity contribution is -0.142. The van der Waals surface area contributed by atoms with Crippen LogP contribution in [0.25, 0.3) is 0 Å². The van der Waals surface area contributed by atoms with Crippen LogP contribution in [0.5, 0.6) is 0 Å². The predicted molar refractivity (Wildman–Crippen MR) is 69.1 cm³/mol. The highest BCUT2D eigenvalue weighted by atomic mass is 16.8. The highest BCUT2D eigenvalue weighted by molar-refractivity contribution is 5.71.